The Morgan fingerprint density at radius 2 is 1.85 bits per heavy atom. The molecule has 0 saturated carbocycles. The zero-order valence-electron chi connectivity index (χ0n) is 15.5. The Kier molecular flexibility index (Phi) is 5.68. The number of aryl methyl sites for hydroxylation is 1. The number of rotatable bonds is 5. The smallest absolute Gasteiger partial charge is 0.339 e. The molecule has 0 amide bonds. The van der Waals surface area contributed by atoms with E-state index < -0.39 is 12.1 Å². The molecule has 140 valence electrons. The van der Waals surface area contributed by atoms with E-state index in [-0.39, 0.29) is 6.61 Å². The summed E-state index contributed by atoms with van der Waals surface area (Å²) in [6, 6.07) is 14.9. The van der Waals surface area contributed by atoms with Crippen molar-refractivity contribution in [2.24, 2.45) is 0 Å². The van der Waals surface area contributed by atoms with Crippen molar-refractivity contribution in [2.45, 2.75) is 20.0 Å². The van der Waals surface area contributed by atoms with Gasteiger partial charge in [0, 0.05) is 16.0 Å². The Labute approximate surface area is 163 Å². The van der Waals surface area contributed by atoms with Gasteiger partial charge in [-0.1, -0.05) is 35.9 Å². The van der Waals surface area contributed by atoms with Gasteiger partial charge in [-0.25, -0.2) is 4.79 Å². The summed E-state index contributed by atoms with van der Waals surface area (Å²) in [7, 11) is 1.62. The number of esters is 1. The fourth-order valence-electron chi connectivity index (χ4n) is 3.34. The number of aliphatic hydroxyl groups excluding tert-OH is 1. The molecule has 1 unspecified atom stereocenters. The quantitative estimate of drug-likeness (QED) is 0.623. The highest BCUT2D eigenvalue weighted by atomic mass is 35.5. The van der Waals surface area contributed by atoms with E-state index in [1.807, 2.05) is 43.3 Å². The first-order valence-corrected chi connectivity index (χ1v) is 9.06. The van der Waals surface area contributed by atoms with Gasteiger partial charge in [0.25, 0.3) is 0 Å². The lowest BCUT2D eigenvalue weighted by Gasteiger charge is -2.21. The number of ether oxygens (including phenoxy) is 2. The first kappa shape index (κ1) is 19.2. The average Bonchev–Trinajstić information content (AvgIpc) is 2.67. The third-order valence-electron chi connectivity index (χ3n) is 4.53. The highest BCUT2D eigenvalue weighted by Crippen LogP contribution is 2.41. The zero-order chi connectivity index (χ0) is 19.6. The lowest BCUT2D eigenvalue weighted by atomic mass is 9.87. The molecule has 0 radical (unpaired) electrons. The van der Waals surface area contributed by atoms with Gasteiger partial charge in [-0.2, -0.15) is 0 Å². The molecule has 0 aromatic heterocycles. The normalized spacial score (nSPS) is 12.0. The maximum Gasteiger partial charge on any atom is 0.339 e. The van der Waals surface area contributed by atoms with Crippen molar-refractivity contribution in [3.05, 3.63) is 64.7 Å². The van der Waals surface area contributed by atoms with Crippen molar-refractivity contribution in [3.63, 3.8) is 0 Å². The third-order valence-corrected chi connectivity index (χ3v) is 4.78. The van der Waals surface area contributed by atoms with Gasteiger partial charge >= 0.3 is 5.97 Å². The number of fused-ring (bicyclic) bond motifs is 1. The molecular weight excluding hydrogens is 364 g/mol. The van der Waals surface area contributed by atoms with E-state index in [2.05, 4.69) is 0 Å². The molecule has 0 fully saturated rings. The van der Waals surface area contributed by atoms with Gasteiger partial charge in [-0.15, -0.1) is 0 Å². The molecule has 0 bridgehead atoms. The predicted molar refractivity (Wildman–Crippen MR) is 107 cm³/mol. The summed E-state index contributed by atoms with van der Waals surface area (Å²) in [6.07, 6.45) is -1.38. The van der Waals surface area contributed by atoms with Gasteiger partial charge in [-0.05, 0) is 60.2 Å². The first-order valence-electron chi connectivity index (χ1n) is 8.68. The molecule has 1 atom stereocenters. The Morgan fingerprint density at radius 3 is 2.48 bits per heavy atom. The standard InChI is InChI=1S/C22H21ClO4/c1-4-27-22(25)21(24)19-13(2)12-17-16(6-5-7-18(17)26-3)20(19)14-8-10-15(23)11-9-14/h5-12,21,24H,4H2,1-3H3. The number of carbonyl (C=O) groups is 1. The minimum absolute atomic E-state index is 0.201. The summed E-state index contributed by atoms with van der Waals surface area (Å²) in [5, 5.41) is 13.1. The van der Waals surface area contributed by atoms with Gasteiger partial charge in [0.1, 0.15) is 5.75 Å². The van der Waals surface area contributed by atoms with E-state index in [0.717, 1.165) is 33.2 Å². The Bertz CT molecular complexity index is 980. The van der Waals surface area contributed by atoms with Crippen LogP contribution in [-0.2, 0) is 9.53 Å². The number of carbonyl (C=O) groups excluding carboxylic acids is 1. The van der Waals surface area contributed by atoms with Crippen LogP contribution in [0.15, 0.2) is 48.5 Å². The van der Waals surface area contributed by atoms with Gasteiger partial charge in [0.2, 0.25) is 0 Å². The van der Waals surface area contributed by atoms with E-state index in [1.54, 1.807) is 26.2 Å². The van der Waals surface area contributed by atoms with Crippen LogP contribution in [0.25, 0.3) is 21.9 Å². The summed E-state index contributed by atoms with van der Waals surface area (Å²) < 4.78 is 10.5. The predicted octanol–water partition coefficient (Wildman–Crippen LogP) is 5.07. The van der Waals surface area contributed by atoms with Crippen molar-refractivity contribution < 1.29 is 19.4 Å². The molecule has 3 rings (SSSR count). The molecular formula is C22H21ClO4. The Balaban J connectivity index is 2.37. The van der Waals surface area contributed by atoms with E-state index in [1.165, 1.54) is 0 Å². The number of aliphatic hydroxyl groups is 1. The molecule has 0 saturated heterocycles. The first-order chi connectivity index (χ1) is 13.0. The van der Waals surface area contributed by atoms with Crippen molar-refractivity contribution in [1.29, 1.82) is 0 Å². The highest BCUT2D eigenvalue weighted by molar-refractivity contribution is 6.30. The number of benzene rings is 3. The maximum absolute atomic E-state index is 12.3. The van der Waals surface area contributed by atoms with Crippen LogP contribution in [0.3, 0.4) is 0 Å². The SMILES string of the molecule is CCOC(=O)C(O)c1c(C)cc2c(OC)cccc2c1-c1ccc(Cl)cc1. The lowest BCUT2D eigenvalue weighted by Crippen LogP contribution is -2.17. The summed E-state index contributed by atoms with van der Waals surface area (Å²) in [6.45, 7) is 3.78. The van der Waals surface area contributed by atoms with Gasteiger partial charge < -0.3 is 14.6 Å². The zero-order valence-corrected chi connectivity index (χ0v) is 16.2. The molecule has 27 heavy (non-hydrogen) atoms. The molecule has 5 heteroatoms. The Morgan fingerprint density at radius 1 is 1.15 bits per heavy atom. The van der Waals surface area contributed by atoms with Crippen molar-refractivity contribution in [3.8, 4) is 16.9 Å². The minimum atomic E-state index is -1.38. The number of halogens is 1. The van der Waals surface area contributed by atoms with Crippen LogP contribution >= 0.6 is 11.6 Å². The van der Waals surface area contributed by atoms with E-state index in [0.29, 0.717) is 10.6 Å². The van der Waals surface area contributed by atoms with E-state index in [9.17, 15) is 9.90 Å². The lowest BCUT2D eigenvalue weighted by molar-refractivity contribution is -0.153. The van der Waals surface area contributed by atoms with Crippen LogP contribution in [0.5, 0.6) is 5.75 Å². The fraction of sp³-hybridized carbons (Fsp3) is 0.227. The van der Waals surface area contributed by atoms with Crippen LogP contribution < -0.4 is 4.74 Å². The summed E-state index contributed by atoms with van der Waals surface area (Å²) in [4.78, 5) is 12.3. The summed E-state index contributed by atoms with van der Waals surface area (Å²) in [5.41, 5.74) is 2.91. The number of hydrogen-bond donors (Lipinski definition) is 1. The second kappa shape index (κ2) is 7.99. The Hall–Kier alpha value is -2.56. The van der Waals surface area contributed by atoms with Crippen molar-refractivity contribution in [2.75, 3.05) is 13.7 Å². The van der Waals surface area contributed by atoms with E-state index in [4.69, 9.17) is 21.1 Å². The fourth-order valence-corrected chi connectivity index (χ4v) is 3.47. The highest BCUT2D eigenvalue weighted by Gasteiger charge is 2.26. The maximum atomic E-state index is 12.3. The summed E-state index contributed by atoms with van der Waals surface area (Å²) in [5.74, 6) is 0.0565. The van der Waals surface area contributed by atoms with Crippen LogP contribution in [0.4, 0.5) is 0 Å². The summed E-state index contributed by atoms with van der Waals surface area (Å²) >= 11 is 6.05. The molecule has 0 heterocycles. The monoisotopic (exact) mass is 384 g/mol. The van der Waals surface area contributed by atoms with Gasteiger partial charge in [0.15, 0.2) is 6.10 Å². The van der Waals surface area contributed by atoms with Crippen LogP contribution in [0, 0.1) is 6.92 Å². The molecule has 0 aliphatic rings. The third kappa shape index (κ3) is 3.64. The van der Waals surface area contributed by atoms with Gasteiger partial charge in [0.05, 0.1) is 13.7 Å². The molecule has 3 aromatic carbocycles. The molecule has 4 nitrogen and oxygen atoms in total. The molecule has 0 aliphatic carbocycles. The minimum Gasteiger partial charge on any atom is -0.496 e. The number of methoxy groups -OCH3 is 1. The van der Waals surface area contributed by atoms with Crippen LogP contribution in [0.2, 0.25) is 5.02 Å². The van der Waals surface area contributed by atoms with Crippen molar-refractivity contribution >= 4 is 28.3 Å². The molecule has 1 N–H and O–H groups in total. The topological polar surface area (TPSA) is 55.8 Å². The second-order valence-electron chi connectivity index (χ2n) is 6.20. The number of hydrogen-bond acceptors (Lipinski definition) is 4. The molecule has 0 spiro atoms. The van der Waals surface area contributed by atoms with Crippen LogP contribution in [0.1, 0.15) is 24.2 Å². The van der Waals surface area contributed by atoms with Crippen LogP contribution in [-0.4, -0.2) is 24.8 Å². The van der Waals surface area contributed by atoms with Gasteiger partial charge in [-0.3, -0.25) is 0 Å². The second-order valence-corrected chi connectivity index (χ2v) is 6.64. The largest absolute Gasteiger partial charge is 0.496 e. The van der Waals surface area contributed by atoms with E-state index >= 15 is 0 Å². The van der Waals surface area contributed by atoms with Crippen molar-refractivity contribution in [1.82, 2.24) is 0 Å². The molecule has 0 aliphatic heterocycles. The average molecular weight is 385 g/mol. The molecule has 3 aromatic rings.